The molecule has 7 heteroatoms. The maximum absolute atomic E-state index is 8.59. The maximum atomic E-state index is 8.59. The van der Waals surface area contributed by atoms with E-state index in [1.165, 1.54) is 11.8 Å². The minimum absolute atomic E-state index is 0.505. The fraction of sp³-hybridized carbons (Fsp3) is 0.273. The number of ether oxygens (including phenoxy) is 2. The van der Waals surface area contributed by atoms with Gasteiger partial charge in [0.05, 0.1) is 19.9 Å². The fourth-order valence-corrected chi connectivity index (χ4v) is 1.96. The second-order valence-corrected chi connectivity index (χ2v) is 4.67. The normalized spacial score (nSPS) is 10.7. The molecule has 0 aliphatic heterocycles. The second-order valence-electron chi connectivity index (χ2n) is 3.02. The lowest BCUT2D eigenvalue weighted by Crippen LogP contribution is -2.12. The number of hydrogen-bond donors (Lipinski definition) is 1. The average molecular weight is 330 g/mol. The van der Waals surface area contributed by atoms with E-state index < -0.39 is 0 Å². The molecule has 1 rings (SSSR count). The molecule has 96 valence electrons. The highest BCUT2D eigenvalue weighted by molar-refractivity contribution is 9.10. The van der Waals surface area contributed by atoms with E-state index in [1.54, 1.807) is 26.4 Å². The van der Waals surface area contributed by atoms with E-state index in [0.29, 0.717) is 22.4 Å². The zero-order chi connectivity index (χ0) is 13.5. The zero-order valence-electron chi connectivity index (χ0n) is 10.2. The first-order valence-electron chi connectivity index (χ1n) is 4.85. The predicted octanol–water partition coefficient (Wildman–Crippen LogP) is 2.89. The van der Waals surface area contributed by atoms with E-state index >= 15 is 0 Å². The van der Waals surface area contributed by atoms with Crippen LogP contribution in [-0.4, -0.2) is 25.6 Å². The van der Waals surface area contributed by atoms with E-state index in [4.69, 9.17) is 14.7 Å². The molecule has 18 heavy (non-hydrogen) atoms. The molecule has 0 unspecified atom stereocenters. The number of benzene rings is 1. The van der Waals surface area contributed by atoms with Crippen LogP contribution >= 0.6 is 27.7 Å². The van der Waals surface area contributed by atoms with Crippen molar-refractivity contribution in [2.75, 3.05) is 20.5 Å². The third-order valence-electron chi connectivity index (χ3n) is 2.03. The summed E-state index contributed by atoms with van der Waals surface area (Å²) in [4.78, 5) is 4.31. The first kappa shape index (κ1) is 14.7. The third kappa shape index (κ3) is 3.55. The van der Waals surface area contributed by atoms with Gasteiger partial charge in [0.15, 0.2) is 22.9 Å². The van der Waals surface area contributed by atoms with E-state index in [9.17, 15) is 0 Å². The molecule has 1 N–H and O–H groups in total. The summed E-state index contributed by atoms with van der Waals surface area (Å²) >= 11 is 4.74. The summed E-state index contributed by atoms with van der Waals surface area (Å²) < 4.78 is 11.1. The van der Waals surface area contributed by atoms with Crippen LogP contribution in [0, 0.1) is 11.5 Å². The number of rotatable bonds is 3. The lowest BCUT2D eigenvalue weighted by Gasteiger charge is -2.10. The van der Waals surface area contributed by atoms with Crippen LogP contribution < -0.4 is 14.8 Å². The van der Waals surface area contributed by atoms with Gasteiger partial charge in [0.2, 0.25) is 0 Å². The Bertz CT molecular complexity index is 500. The van der Waals surface area contributed by atoms with Crippen LogP contribution in [0.25, 0.3) is 0 Å². The van der Waals surface area contributed by atoms with Gasteiger partial charge in [-0.3, -0.25) is 5.32 Å². The van der Waals surface area contributed by atoms with Gasteiger partial charge in [0.1, 0.15) is 0 Å². The molecule has 0 saturated heterocycles. The Morgan fingerprint density at radius 2 is 2.00 bits per heavy atom. The maximum Gasteiger partial charge on any atom is 0.183 e. The smallest absolute Gasteiger partial charge is 0.183 e. The molecule has 0 saturated carbocycles. The molecule has 0 bridgehead atoms. The minimum Gasteiger partial charge on any atom is -0.493 e. The summed E-state index contributed by atoms with van der Waals surface area (Å²) in [5.41, 5.74) is 0.653. The van der Waals surface area contributed by atoms with E-state index in [1.807, 2.05) is 12.4 Å². The van der Waals surface area contributed by atoms with Crippen LogP contribution in [0.15, 0.2) is 21.6 Å². The number of amidine groups is 1. The summed E-state index contributed by atoms with van der Waals surface area (Å²) in [6.45, 7) is 0. The monoisotopic (exact) mass is 329 g/mol. The van der Waals surface area contributed by atoms with Gasteiger partial charge in [-0.15, -0.1) is 0 Å². The van der Waals surface area contributed by atoms with Gasteiger partial charge >= 0.3 is 0 Å². The largest absolute Gasteiger partial charge is 0.493 e. The van der Waals surface area contributed by atoms with Gasteiger partial charge in [-0.05, 0) is 22.2 Å². The van der Waals surface area contributed by atoms with E-state index in [-0.39, 0.29) is 0 Å². The van der Waals surface area contributed by atoms with Crippen LogP contribution in [0.1, 0.15) is 0 Å². The van der Waals surface area contributed by atoms with Crippen LogP contribution in [0.3, 0.4) is 0 Å². The lowest BCUT2D eigenvalue weighted by molar-refractivity contribution is 0.355. The molecule has 5 nitrogen and oxygen atoms in total. The first-order valence-corrected chi connectivity index (χ1v) is 6.87. The highest BCUT2D eigenvalue weighted by Crippen LogP contribution is 2.37. The Morgan fingerprint density at radius 1 is 1.39 bits per heavy atom. The van der Waals surface area contributed by atoms with Crippen LogP contribution in [0.2, 0.25) is 0 Å². The molecular formula is C11H12BrN3O2S. The van der Waals surface area contributed by atoms with Crippen molar-refractivity contribution in [1.29, 1.82) is 5.26 Å². The number of thioether (sulfide) groups is 1. The van der Waals surface area contributed by atoms with Crippen LogP contribution in [0.5, 0.6) is 11.5 Å². The average Bonchev–Trinajstić information content (AvgIpc) is 2.39. The van der Waals surface area contributed by atoms with Crippen molar-refractivity contribution in [1.82, 2.24) is 5.32 Å². The number of nitrogens with one attached hydrogen (secondary N) is 1. The van der Waals surface area contributed by atoms with E-state index in [2.05, 4.69) is 26.2 Å². The number of halogens is 1. The molecule has 0 aromatic heterocycles. The molecular weight excluding hydrogens is 318 g/mol. The number of methoxy groups -OCH3 is 2. The van der Waals surface area contributed by atoms with Gasteiger partial charge in [-0.1, -0.05) is 11.8 Å². The van der Waals surface area contributed by atoms with Gasteiger partial charge in [0.25, 0.3) is 0 Å². The summed E-state index contributed by atoms with van der Waals surface area (Å²) in [5, 5.41) is 11.6. The molecule has 0 heterocycles. The van der Waals surface area contributed by atoms with Crippen molar-refractivity contribution in [2.45, 2.75) is 0 Å². The Labute approximate surface area is 118 Å². The molecule has 0 radical (unpaired) electrons. The van der Waals surface area contributed by atoms with Gasteiger partial charge in [-0.2, -0.15) is 5.26 Å². The fourth-order valence-electron chi connectivity index (χ4n) is 1.21. The Kier molecular flexibility index (Phi) is 5.82. The van der Waals surface area contributed by atoms with Crippen molar-refractivity contribution < 1.29 is 9.47 Å². The number of aliphatic imine (C=N–C) groups is 1. The van der Waals surface area contributed by atoms with Gasteiger partial charge in [-0.25, -0.2) is 4.99 Å². The van der Waals surface area contributed by atoms with Crippen LogP contribution in [-0.2, 0) is 0 Å². The first-order chi connectivity index (χ1) is 8.65. The van der Waals surface area contributed by atoms with Gasteiger partial charge in [0, 0.05) is 16.6 Å². The second kappa shape index (κ2) is 7.13. The summed E-state index contributed by atoms with van der Waals surface area (Å²) in [5.74, 6) is 1.19. The number of nitrogens with zero attached hydrogens (tertiary/aromatic N) is 2. The highest BCUT2D eigenvalue weighted by Gasteiger charge is 2.09. The molecule has 0 spiro atoms. The van der Waals surface area contributed by atoms with Crippen molar-refractivity contribution in [3.63, 3.8) is 0 Å². The predicted molar refractivity (Wildman–Crippen MR) is 76.6 cm³/mol. The Morgan fingerprint density at radius 3 is 2.50 bits per heavy atom. The van der Waals surface area contributed by atoms with Crippen molar-refractivity contribution in [3.8, 4) is 17.7 Å². The topological polar surface area (TPSA) is 66.6 Å². The van der Waals surface area contributed by atoms with Crippen molar-refractivity contribution in [2.24, 2.45) is 4.99 Å². The third-order valence-corrected chi connectivity index (χ3v) is 3.25. The zero-order valence-corrected chi connectivity index (χ0v) is 12.6. The Hall–Kier alpha value is -1.39. The lowest BCUT2D eigenvalue weighted by atomic mass is 10.3. The molecule has 0 aliphatic carbocycles. The summed E-state index contributed by atoms with van der Waals surface area (Å²) in [7, 11) is 3.13. The molecule has 0 aliphatic rings. The molecule has 0 amide bonds. The molecule has 0 fully saturated rings. The molecule has 1 aromatic rings. The quantitative estimate of drug-likeness (QED) is 0.399. The summed E-state index contributed by atoms with van der Waals surface area (Å²) in [6, 6.07) is 3.50. The van der Waals surface area contributed by atoms with Crippen molar-refractivity contribution in [3.05, 3.63) is 16.6 Å². The van der Waals surface area contributed by atoms with Crippen LogP contribution in [0.4, 0.5) is 5.69 Å². The number of hydrogen-bond acceptors (Lipinski definition) is 5. The standard InChI is InChI=1S/C11H12BrN3O2S/c1-16-9-4-7(12)8(5-10(9)17-2)15-11(18-3)14-6-13/h4-5H,1-3H3,(H,14,15). The van der Waals surface area contributed by atoms with E-state index in [0.717, 1.165) is 4.47 Å². The number of nitriles is 1. The highest BCUT2D eigenvalue weighted by atomic mass is 79.9. The Balaban J connectivity index is 3.21. The van der Waals surface area contributed by atoms with Gasteiger partial charge < -0.3 is 9.47 Å². The SMILES string of the molecule is COc1cc(Br)c(N=C(NC#N)SC)cc1OC. The minimum atomic E-state index is 0.505. The van der Waals surface area contributed by atoms with Crippen molar-refractivity contribution >= 4 is 38.5 Å². The molecule has 1 aromatic carbocycles. The summed E-state index contributed by atoms with van der Waals surface area (Å²) in [6.07, 6.45) is 3.67. The molecule has 0 atom stereocenters.